The van der Waals surface area contributed by atoms with Crippen molar-refractivity contribution in [3.63, 3.8) is 0 Å². The van der Waals surface area contributed by atoms with Gasteiger partial charge in [0.2, 0.25) is 5.09 Å². The van der Waals surface area contributed by atoms with Crippen LogP contribution in [0.5, 0.6) is 0 Å². The summed E-state index contributed by atoms with van der Waals surface area (Å²) in [7, 11) is -3.56. The molecule has 0 aliphatic heterocycles. The first-order valence-corrected chi connectivity index (χ1v) is 8.22. The van der Waals surface area contributed by atoms with Crippen LogP contribution in [0.3, 0.4) is 0 Å². The first-order chi connectivity index (χ1) is 8.97. The van der Waals surface area contributed by atoms with Crippen LogP contribution in [0.25, 0.3) is 0 Å². The van der Waals surface area contributed by atoms with E-state index < -0.39 is 10.0 Å². The number of hydrogen-bond acceptors (Lipinski definition) is 4. The van der Waals surface area contributed by atoms with E-state index in [2.05, 4.69) is 0 Å². The Bertz CT molecular complexity index is 482. The van der Waals surface area contributed by atoms with E-state index in [1.807, 2.05) is 20.8 Å². The van der Waals surface area contributed by atoms with Gasteiger partial charge in [0, 0.05) is 12.6 Å². The van der Waals surface area contributed by atoms with Gasteiger partial charge in [0.05, 0.1) is 6.54 Å². The molecule has 1 heterocycles. The Kier molecular flexibility index (Phi) is 6.03. The van der Waals surface area contributed by atoms with Crippen molar-refractivity contribution in [2.45, 2.75) is 57.7 Å². The van der Waals surface area contributed by atoms with Gasteiger partial charge in [0.15, 0.2) is 0 Å². The third-order valence-corrected chi connectivity index (χ3v) is 5.10. The molecular weight excluding hydrogens is 264 g/mol. The number of rotatable bonds is 8. The maximum Gasteiger partial charge on any atom is 0.276 e. The van der Waals surface area contributed by atoms with Gasteiger partial charge in [0.25, 0.3) is 10.0 Å². The summed E-state index contributed by atoms with van der Waals surface area (Å²) in [6.45, 7) is 6.66. The summed E-state index contributed by atoms with van der Waals surface area (Å²) in [5.41, 5.74) is 5.45. The van der Waals surface area contributed by atoms with Crippen LogP contribution in [0.4, 0.5) is 0 Å². The highest BCUT2D eigenvalue weighted by Gasteiger charge is 2.30. The summed E-state index contributed by atoms with van der Waals surface area (Å²) in [6.07, 6.45) is 2.57. The second-order valence-corrected chi connectivity index (χ2v) is 6.47. The molecule has 0 aliphatic carbocycles. The topological polar surface area (TPSA) is 76.5 Å². The van der Waals surface area contributed by atoms with Crippen molar-refractivity contribution in [1.82, 2.24) is 4.31 Å². The number of nitrogens with two attached hydrogens (primary N) is 1. The fraction of sp³-hybridized carbons (Fsp3) is 0.692. The third-order valence-electron chi connectivity index (χ3n) is 3.22. The number of hydrogen-bond donors (Lipinski definition) is 1. The quantitative estimate of drug-likeness (QED) is 0.796. The van der Waals surface area contributed by atoms with Gasteiger partial charge in [-0.3, -0.25) is 0 Å². The minimum Gasteiger partial charge on any atom is -0.447 e. The molecule has 1 unspecified atom stereocenters. The zero-order valence-electron chi connectivity index (χ0n) is 11.9. The lowest BCUT2D eigenvalue weighted by Gasteiger charge is -2.26. The molecule has 1 atom stereocenters. The maximum absolute atomic E-state index is 12.6. The Balaban J connectivity index is 3.04. The Morgan fingerprint density at radius 2 is 2.05 bits per heavy atom. The summed E-state index contributed by atoms with van der Waals surface area (Å²) in [4.78, 5) is 0. The number of unbranched alkanes of at least 4 members (excludes halogenated alkanes) is 1. The molecule has 0 aromatic carbocycles. The smallest absolute Gasteiger partial charge is 0.276 e. The van der Waals surface area contributed by atoms with Gasteiger partial charge in [-0.2, -0.15) is 4.31 Å². The maximum atomic E-state index is 12.6. The van der Waals surface area contributed by atoms with E-state index in [1.165, 1.54) is 10.4 Å². The Morgan fingerprint density at radius 3 is 2.53 bits per heavy atom. The van der Waals surface area contributed by atoms with Crippen LogP contribution in [0.15, 0.2) is 21.6 Å². The van der Waals surface area contributed by atoms with Crippen molar-refractivity contribution in [3.05, 3.63) is 17.9 Å². The number of sulfonamides is 1. The van der Waals surface area contributed by atoms with Crippen LogP contribution in [0, 0.1) is 0 Å². The molecule has 110 valence electrons. The third kappa shape index (κ3) is 3.81. The van der Waals surface area contributed by atoms with E-state index in [0.29, 0.717) is 12.3 Å². The molecule has 6 heteroatoms. The van der Waals surface area contributed by atoms with Gasteiger partial charge < -0.3 is 10.2 Å². The van der Waals surface area contributed by atoms with E-state index in [1.54, 1.807) is 6.07 Å². The summed E-state index contributed by atoms with van der Waals surface area (Å²) >= 11 is 0. The normalized spacial score (nSPS) is 13.9. The lowest BCUT2D eigenvalue weighted by Crippen LogP contribution is -2.38. The highest BCUT2D eigenvalue weighted by Crippen LogP contribution is 2.22. The van der Waals surface area contributed by atoms with E-state index in [-0.39, 0.29) is 17.7 Å². The lowest BCUT2D eigenvalue weighted by molar-refractivity contribution is 0.309. The van der Waals surface area contributed by atoms with Crippen molar-refractivity contribution in [2.75, 3.05) is 6.54 Å². The fourth-order valence-corrected chi connectivity index (χ4v) is 3.49. The van der Waals surface area contributed by atoms with Gasteiger partial charge in [-0.1, -0.05) is 20.3 Å². The predicted molar refractivity (Wildman–Crippen MR) is 75.2 cm³/mol. The van der Waals surface area contributed by atoms with Gasteiger partial charge in [-0.05, 0) is 31.9 Å². The second kappa shape index (κ2) is 7.07. The van der Waals surface area contributed by atoms with Gasteiger partial charge in [0.1, 0.15) is 5.76 Å². The summed E-state index contributed by atoms with van der Waals surface area (Å²) in [5, 5.41) is -0.00986. The first kappa shape index (κ1) is 16.2. The number of furan rings is 1. The molecular formula is C13H24N2O3S. The molecule has 0 saturated heterocycles. The zero-order chi connectivity index (χ0) is 14.5. The summed E-state index contributed by atoms with van der Waals surface area (Å²) < 4.78 is 31.9. The van der Waals surface area contributed by atoms with Crippen LogP contribution in [-0.2, 0) is 16.6 Å². The zero-order valence-corrected chi connectivity index (χ0v) is 12.7. The fourth-order valence-electron chi connectivity index (χ4n) is 1.82. The molecule has 5 nitrogen and oxygen atoms in total. The minimum absolute atomic E-state index is 0.00986. The summed E-state index contributed by atoms with van der Waals surface area (Å²) in [5.74, 6) is 0.484. The first-order valence-electron chi connectivity index (χ1n) is 6.78. The molecule has 1 rings (SSSR count). The van der Waals surface area contributed by atoms with E-state index in [0.717, 1.165) is 19.3 Å². The van der Waals surface area contributed by atoms with E-state index >= 15 is 0 Å². The van der Waals surface area contributed by atoms with E-state index in [4.69, 9.17) is 10.2 Å². The van der Waals surface area contributed by atoms with Crippen molar-refractivity contribution in [3.8, 4) is 0 Å². The van der Waals surface area contributed by atoms with Crippen LogP contribution >= 0.6 is 0 Å². The number of nitrogens with zero attached hydrogens (tertiary/aromatic N) is 1. The summed E-state index contributed by atoms with van der Waals surface area (Å²) in [6, 6.07) is 3.06. The van der Waals surface area contributed by atoms with Crippen LogP contribution in [-0.4, -0.2) is 25.3 Å². The molecule has 1 aromatic heterocycles. The van der Waals surface area contributed by atoms with Crippen molar-refractivity contribution >= 4 is 10.0 Å². The van der Waals surface area contributed by atoms with Crippen molar-refractivity contribution in [2.24, 2.45) is 5.73 Å². The molecule has 0 spiro atoms. The second-order valence-electron chi connectivity index (χ2n) is 4.65. The van der Waals surface area contributed by atoms with Gasteiger partial charge >= 0.3 is 0 Å². The van der Waals surface area contributed by atoms with Gasteiger partial charge in [-0.15, -0.1) is 0 Å². The highest BCUT2D eigenvalue weighted by molar-refractivity contribution is 7.89. The molecule has 0 aliphatic rings. The standard InChI is InChI=1S/C13H24N2O3S/c1-4-6-9-15(11(3)5-2)19(16,17)13-8-7-12(10-14)18-13/h7-8,11H,4-6,9-10,14H2,1-3H3. The average Bonchev–Trinajstić information content (AvgIpc) is 2.88. The molecule has 0 radical (unpaired) electrons. The molecule has 0 saturated carbocycles. The average molecular weight is 288 g/mol. The molecule has 0 fully saturated rings. The van der Waals surface area contributed by atoms with Crippen molar-refractivity contribution < 1.29 is 12.8 Å². The predicted octanol–water partition coefficient (Wildman–Crippen LogP) is 2.33. The molecule has 2 N–H and O–H groups in total. The van der Waals surface area contributed by atoms with Crippen LogP contribution < -0.4 is 5.73 Å². The monoisotopic (exact) mass is 288 g/mol. The lowest BCUT2D eigenvalue weighted by atomic mass is 10.2. The molecule has 19 heavy (non-hydrogen) atoms. The molecule has 0 amide bonds. The molecule has 1 aromatic rings. The van der Waals surface area contributed by atoms with Crippen LogP contribution in [0.1, 0.15) is 45.8 Å². The minimum atomic E-state index is -3.56. The van der Waals surface area contributed by atoms with E-state index in [9.17, 15) is 8.42 Å². The molecule has 0 bridgehead atoms. The SMILES string of the molecule is CCCCN(C(C)CC)S(=O)(=O)c1ccc(CN)o1. The Morgan fingerprint density at radius 1 is 1.37 bits per heavy atom. The Hall–Kier alpha value is -0.850. The van der Waals surface area contributed by atoms with Gasteiger partial charge in [-0.25, -0.2) is 8.42 Å². The highest BCUT2D eigenvalue weighted by atomic mass is 32.2. The Labute approximate surface area is 115 Å². The van der Waals surface area contributed by atoms with Crippen LogP contribution in [0.2, 0.25) is 0 Å². The van der Waals surface area contributed by atoms with Crippen molar-refractivity contribution in [1.29, 1.82) is 0 Å². The largest absolute Gasteiger partial charge is 0.447 e.